The lowest BCUT2D eigenvalue weighted by Crippen LogP contribution is -2.36. The van der Waals surface area contributed by atoms with Gasteiger partial charge in [-0.2, -0.15) is 5.26 Å². The molecule has 0 saturated carbocycles. The van der Waals surface area contributed by atoms with Gasteiger partial charge in [0, 0.05) is 19.8 Å². The van der Waals surface area contributed by atoms with Gasteiger partial charge in [0.2, 0.25) is 5.91 Å². The molecule has 0 saturated heterocycles. The number of nitrogens with one attached hydrogen (secondary N) is 2. The lowest BCUT2D eigenvalue weighted by Gasteiger charge is -2.21. The van der Waals surface area contributed by atoms with Gasteiger partial charge < -0.3 is 15.5 Å². The van der Waals surface area contributed by atoms with Crippen LogP contribution in [0.5, 0.6) is 0 Å². The average Bonchev–Trinajstić information content (AvgIpc) is 2.61. The predicted molar refractivity (Wildman–Crippen MR) is 95.8 cm³/mol. The highest BCUT2D eigenvalue weighted by atomic mass is 16.2. The number of nitrogens with zero attached hydrogens (tertiary/aromatic N) is 2. The monoisotopic (exact) mass is 336 g/mol. The van der Waals surface area contributed by atoms with E-state index in [9.17, 15) is 9.59 Å². The summed E-state index contributed by atoms with van der Waals surface area (Å²) in [4.78, 5) is 25.9. The number of hydrogen-bond donors (Lipinski definition) is 2. The number of nitriles is 1. The largest absolute Gasteiger partial charge is 0.349 e. The first-order valence-corrected chi connectivity index (χ1v) is 7.82. The lowest BCUT2D eigenvalue weighted by atomic mass is 10.0. The molecule has 2 rings (SSSR count). The van der Waals surface area contributed by atoms with E-state index in [1.54, 1.807) is 38.4 Å². The summed E-state index contributed by atoms with van der Waals surface area (Å²) in [6.07, 6.45) is 0.155. The van der Waals surface area contributed by atoms with Crippen LogP contribution in [0, 0.1) is 11.3 Å². The Labute approximate surface area is 147 Å². The molecule has 0 fully saturated rings. The van der Waals surface area contributed by atoms with Crippen LogP contribution in [0.2, 0.25) is 0 Å². The van der Waals surface area contributed by atoms with E-state index < -0.39 is 12.1 Å². The Bertz CT molecular complexity index is 782. The van der Waals surface area contributed by atoms with Crippen LogP contribution in [0.4, 0.5) is 10.5 Å². The van der Waals surface area contributed by atoms with Crippen LogP contribution < -0.4 is 10.6 Å². The van der Waals surface area contributed by atoms with Crippen LogP contribution in [-0.2, 0) is 4.79 Å². The summed E-state index contributed by atoms with van der Waals surface area (Å²) in [6.45, 7) is 0. The number of amides is 3. The van der Waals surface area contributed by atoms with Gasteiger partial charge in [-0.1, -0.05) is 36.4 Å². The van der Waals surface area contributed by atoms with Gasteiger partial charge in [-0.25, -0.2) is 4.79 Å². The summed E-state index contributed by atoms with van der Waals surface area (Å²) in [5.74, 6) is -0.0827. The normalized spacial score (nSPS) is 11.1. The summed E-state index contributed by atoms with van der Waals surface area (Å²) in [6, 6.07) is 17.1. The molecule has 6 heteroatoms. The summed E-state index contributed by atoms with van der Waals surface area (Å²) in [5.41, 5.74) is 1.82. The number of hydrogen-bond acceptors (Lipinski definition) is 3. The maximum Gasteiger partial charge on any atom is 0.319 e. The molecule has 1 unspecified atom stereocenters. The summed E-state index contributed by atoms with van der Waals surface area (Å²) >= 11 is 0. The van der Waals surface area contributed by atoms with Crippen molar-refractivity contribution in [3.63, 3.8) is 0 Å². The summed E-state index contributed by atoms with van der Waals surface area (Å²) < 4.78 is 0. The van der Waals surface area contributed by atoms with Crippen molar-refractivity contribution in [2.75, 3.05) is 19.4 Å². The van der Waals surface area contributed by atoms with E-state index >= 15 is 0 Å². The summed E-state index contributed by atoms with van der Waals surface area (Å²) in [7, 11) is 3.36. The van der Waals surface area contributed by atoms with Crippen molar-refractivity contribution in [1.29, 1.82) is 5.26 Å². The van der Waals surface area contributed by atoms with Gasteiger partial charge in [0.15, 0.2) is 0 Å². The highest BCUT2D eigenvalue weighted by molar-refractivity contribution is 5.90. The maximum atomic E-state index is 12.3. The van der Waals surface area contributed by atoms with Crippen LogP contribution in [0.25, 0.3) is 0 Å². The first-order chi connectivity index (χ1) is 12.0. The zero-order chi connectivity index (χ0) is 18.2. The van der Waals surface area contributed by atoms with Crippen molar-refractivity contribution in [2.45, 2.75) is 12.5 Å². The van der Waals surface area contributed by atoms with Gasteiger partial charge in [-0.3, -0.25) is 4.79 Å². The van der Waals surface area contributed by atoms with Gasteiger partial charge in [0.1, 0.15) is 0 Å². The molecule has 2 aromatic carbocycles. The molecular weight excluding hydrogens is 316 g/mol. The van der Waals surface area contributed by atoms with Crippen LogP contribution in [0.3, 0.4) is 0 Å². The van der Waals surface area contributed by atoms with Gasteiger partial charge >= 0.3 is 6.03 Å². The molecule has 3 amide bonds. The molecule has 128 valence electrons. The molecule has 0 aliphatic heterocycles. The number of anilines is 1. The van der Waals surface area contributed by atoms with Crippen molar-refractivity contribution in [1.82, 2.24) is 10.2 Å². The first-order valence-electron chi connectivity index (χ1n) is 7.82. The fourth-order valence-corrected chi connectivity index (χ4v) is 2.29. The Morgan fingerprint density at radius 3 is 2.48 bits per heavy atom. The second kappa shape index (κ2) is 8.50. The first kappa shape index (κ1) is 18.0. The van der Waals surface area contributed by atoms with E-state index in [1.165, 1.54) is 4.90 Å². The third kappa shape index (κ3) is 5.36. The molecule has 6 nitrogen and oxygen atoms in total. The molecule has 0 aliphatic rings. The molecule has 25 heavy (non-hydrogen) atoms. The molecule has 0 radical (unpaired) electrons. The molecule has 0 bridgehead atoms. The number of carbonyl (C=O) groups is 2. The quantitative estimate of drug-likeness (QED) is 0.880. The van der Waals surface area contributed by atoms with E-state index in [1.807, 2.05) is 36.4 Å². The standard InChI is InChI=1S/C19H20N4O2/c1-23(2)18(24)12-17(15-8-4-3-5-9-15)22-19(25)21-16-10-6-7-14(11-16)13-20/h3-11,17H,12H2,1-2H3,(H2,21,22,25). The zero-order valence-electron chi connectivity index (χ0n) is 14.2. The SMILES string of the molecule is CN(C)C(=O)CC(NC(=O)Nc1cccc(C#N)c1)c1ccccc1. The minimum absolute atomic E-state index is 0.0827. The fraction of sp³-hybridized carbons (Fsp3) is 0.211. The van der Waals surface area contributed by atoms with Crippen molar-refractivity contribution < 1.29 is 9.59 Å². The van der Waals surface area contributed by atoms with Crippen LogP contribution >= 0.6 is 0 Å². The Morgan fingerprint density at radius 1 is 1.12 bits per heavy atom. The number of carbonyl (C=O) groups excluding carboxylic acids is 2. The number of urea groups is 1. The minimum atomic E-state index is -0.449. The van der Waals surface area contributed by atoms with Crippen molar-refractivity contribution in [2.24, 2.45) is 0 Å². The van der Waals surface area contributed by atoms with Crippen molar-refractivity contribution in [3.05, 3.63) is 65.7 Å². The van der Waals surface area contributed by atoms with E-state index in [0.29, 0.717) is 11.3 Å². The van der Waals surface area contributed by atoms with E-state index in [4.69, 9.17) is 5.26 Å². The molecular formula is C19H20N4O2. The molecule has 0 aromatic heterocycles. The van der Waals surface area contributed by atoms with E-state index in [2.05, 4.69) is 10.6 Å². The van der Waals surface area contributed by atoms with Crippen molar-refractivity contribution >= 4 is 17.6 Å². The Balaban J connectivity index is 2.11. The van der Waals surface area contributed by atoms with E-state index in [-0.39, 0.29) is 12.3 Å². The van der Waals surface area contributed by atoms with Gasteiger partial charge in [-0.15, -0.1) is 0 Å². The molecule has 0 aliphatic carbocycles. The minimum Gasteiger partial charge on any atom is -0.349 e. The number of benzene rings is 2. The predicted octanol–water partition coefficient (Wildman–Crippen LogP) is 2.90. The fourth-order valence-electron chi connectivity index (χ4n) is 2.29. The maximum absolute atomic E-state index is 12.3. The smallest absolute Gasteiger partial charge is 0.319 e. The van der Waals surface area contributed by atoms with Crippen LogP contribution in [-0.4, -0.2) is 30.9 Å². The number of rotatable bonds is 5. The second-order valence-electron chi connectivity index (χ2n) is 5.75. The lowest BCUT2D eigenvalue weighted by molar-refractivity contribution is -0.129. The molecule has 2 N–H and O–H groups in total. The van der Waals surface area contributed by atoms with Crippen LogP contribution in [0.15, 0.2) is 54.6 Å². The second-order valence-corrected chi connectivity index (χ2v) is 5.75. The highest BCUT2D eigenvalue weighted by Gasteiger charge is 2.19. The Kier molecular flexibility index (Phi) is 6.13. The highest BCUT2D eigenvalue weighted by Crippen LogP contribution is 2.18. The van der Waals surface area contributed by atoms with Gasteiger partial charge in [-0.05, 0) is 23.8 Å². The topological polar surface area (TPSA) is 85.2 Å². The van der Waals surface area contributed by atoms with Crippen LogP contribution in [0.1, 0.15) is 23.6 Å². The third-order valence-electron chi connectivity index (χ3n) is 3.63. The Morgan fingerprint density at radius 2 is 1.84 bits per heavy atom. The molecule has 1 atom stereocenters. The zero-order valence-corrected chi connectivity index (χ0v) is 14.2. The van der Waals surface area contributed by atoms with Gasteiger partial charge in [0.25, 0.3) is 0 Å². The molecule has 0 heterocycles. The molecule has 0 spiro atoms. The summed E-state index contributed by atoms with van der Waals surface area (Å²) in [5, 5.41) is 14.4. The Hall–Kier alpha value is -3.33. The average molecular weight is 336 g/mol. The van der Waals surface area contributed by atoms with Crippen molar-refractivity contribution in [3.8, 4) is 6.07 Å². The third-order valence-corrected chi connectivity index (χ3v) is 3.63. The van der Waals surface area contributed by atoms with E-state index in [0.717, 1.165) is 5.56 Å². The molecule has 2 aromatic rings. The van der Waals surface area contributed by atoms with Gasteiger partial charge in [0.05, 0.1) is 24.1 Å².